The summed E-state index contributed by atoms with van der Waals surface area (Å²) in [6.07, 6.45) is 0.862. The second kappa shape index (κ2) is 5.05. The summed E-state index contributed by atoms with van der Waals surface area (Å²) in [6.45, 7) is 4.98. The molecule has 2 heterocycles. The standard InChI is InChI=1S/C15H18N2O2/c1-11(12-9-16-10-12)15(18)17-7-4-8-19-14-6-3-2-5-13(14)17/h2-3,5-6,16H,4,7-10H2,1H3. The van der Waals surface area contributed by atoms with Gasteiger partial charge in [-0.1, -0.05) is 12.1 Å². The molecule has 19 heavy (non-hydrogen) atoms. The van der Waals surface area contributed by atoms with Gasteiger partial charge in [-0.3, -0.25) is 4.79 Å². The number of nitrogens with one attached hydrogen (secondary N) is 1. The van der Waals surface area contributed by atoms with Crippen molar-refractivity contribution in [2.75, 3.05) is 31.1 Å². The molecule has 1 fully saturated rings. The fraction of sp³-hybridized carbons (Fsp3) is 0.400. The first kappa shape index (κ1) is 12.2. The summed E-state index contributed by atoms with van der Waals surface area (Å²) in [7, 11) is 0. The number of rotatable bonds is 1. The Morgan fingerprint density at radius 3 is 2.84 bits per heavy atom. The molecule has 0 spiro atoms. The lowest BCUT2D eigenvalue weighted by Gasteiger charge is -2.26. The van der Waals surface area contributed by atoms with E-state index in [1.54, 1.807) is 0 Å². The molecule has 0 saturated carbocycles. The minimum Gasteiger partial charge on any atom is -0.491 e. The van der Waals surface area contributed by atoms with E-state index in [-0.39, 0.29) is 5.91 Å². The number of para-hydroxylation sites is 2. The molecular weight excluding hydrogens is 240 g/mol. The average molecular weight is 258 g/mol. The van der Waals surface area contributed by atoms with E-state index in [1.165, 1.54) is 5.57 Å². The van der Waals surface area contributed by atoms with E-state index < -0.39 is 0 Å². The van der Waals surface area contributed by atoms with Gasteiger partial charge in [0.2, 0.25) is 0 Å². The Bertz CT molecular complexity index is 531. The maximum absolute atomic E-state index is 12.6. The van der Waals surface area contributed by atoms with E-state index >= 15 is 0 Å². The highest BCUT2D eigenvalue weighted by Gasteiger charge is 2.25. The number of anilines is 1. The molecule has 0 atom stereocenters. The van der Waals surface area contributed by atoms with E-state index in [0.29, 0.717) is 13.2 Å². The van der Waals surface area contributed by atoms with Gasteiger partial charge in [0.1, 0.15) is 5.75 Å². The van der Waals surface area contributed by atoms with E-state index in [9.17, 15) is 4.79 Å². The molecule has 1 N–H and O–H groups in total. The Labute approximate surface area is 113 Å². The van der Waals surface area contributed by atoms with Crippen molar-refractivity contribution >= 4 is 11.6 Å². The Morgan fingerprint density at radius 1 is 1.32 bits per heavy atom. The molecule has 0 aromatic heterocycles. The van der Waals surface area contributed by atoms with Crippen LogP contribution < -0.4 is 15.0 Å². The van der Waals surface area contributed by atoms with Gasteiger partial charge in [0.15, 0.2) is 0 Å². The molecule has 0 aliphatic carbocycles. The van der Waals surface area contributed by atoms with Gasteiger partial charge in [0, 0.05) is 25.2 Å². The summed E-state index contributed by atoms with van der Waals surface area (Å²) in [5.41, 5.74) is 2.97. The first-order chi connectivity index (χ1) is 9.27. The molecule has 4 nitrogen and oxygen atoms in total. The van der Waals surface area contributed by atoms with E-state index in [0.717, 1.165) is 36.5 Å². The van der Waals surface area contributed by atoms with Gasteiger partial charge in [0.25, 0.3) is 5.91 Å². The molecule has 2 aliphatic rings. The number of benzene rings is 1. The highest BCUT2D eigenvalue weighted by atomic mass is 16.5. The number of hydrogen-bond acceptors (Lipinski definition) is 3. The van der Waals surface area contributed by atoms with Crippen LogP contribution in [0.5, 0.6) is 5.75 Å². The topological polar surface area (TPSA) is 41.6 Å². The maximum Gasteiger partial charge on any atom is 0.254 e. The van der Waals surface area contributed by atoms with Gasteiger partial charge >= 0.3 is 0 Å². The number of ether oxygens (including phenoxy) is 1. The van der Waals surface area contributed by atoms with Gasteiger partial charge in [-0.05, 0) is 31.1 Å². The Morgan fingerprint density at radius 2 is 2.11 bits per heavy atom. The summed E-state index contributed by atoms with van der Waals surface area (Å²) in [4.78, 5) is 14.5. The SMILES string of the molecule is CC(C(=O)N1CCCOc2ccccc21)=C1CNC1. The number of carbonyl (C=O) groups is 1. The van der Waals surface area contributed by atoms with Crippen molar-refractivity contribution in [2.24, 2.45) is 0 Å². The van der Waals surface area contributed by atoms with Crippen LogP contribution in [-0.4, -0.2) is 32.1 Å². The predicted molar refractivity (Wildman–Crippen MR) is 74.5 cm³/mol. The molecular formula is C15H18N2O2. The highest BCUT2D eigenvalue weighted by molar-refractivity contribution is 6.06. The van der Waals surface area contributed by atoms with Crippen LogP contribution in [0.3, 0.4) is 0 Å². The van der Waals surface area contributed by atoms with Gasteiger partial charge in [-0.2, -0.15) is 0 Å². The summed E-state index contributed by atoms with van der Waals surface area (Å²) in [5.74, 6) is 0.910. The maximum atomic E-state index is 12.6. The number of nitrogens with zero attached hydrogens (tertiary/aromatic N) is 1. The zero-order valence-electron chi connectivity index (χ0n) is 11.1. The molecule has 1 aromatic rings. The van der Waals surface area contributed by atoms with Crippen LogP contribution in [0.4, 0.5) is 5.69 Å². The first-order valence-corrected chi connectivity index (χ1v) is 6.70. The molecule has 1 saturated heterocycles. The van der Waals surface area contributed by atoms with Gasteiger partial charge < -0.3 is 15.0 Å². The molecule has 4 heteroatoms. The minimum absolute atomic E-state index is 0.106. The Kier molecular flexibility index (Phi) is 3.25. The minimum atomic E-state index is 0.106. The van der Waals surface area contributed by atoms with Crippen LogP contribution in [0.1, 0.15) is 13.3 Å². The third-order valence-electron chi connectivity index (χ3n) is 3.71. The van der Waals surface area contributed by atoms with Crippen LogP contribution in [0.15, 0.2) is 35.4 Å². The van der Waals surface area contributed by atoms with Crippen molar-refractivity contribution in [1.29, 1.82) is 0 Å². The van der Waals surface area contributed by atoms with Crippen LogP contribution >= 0.6 is 0 Å². The lowest BCUT2D eigenvalue weighted by molar-refractivity contribution is -0.115. The highest BCUT2D eigenvalue weighted by Crippen LogP contribution is 2.31. The lowest BCUT2D eigenvalue weighted by Crippen LogP contribution is -2.39. The largest absolute Gasteiger partial charge is 0.491 e. The van der Waals surface area contributed by atoms with Crippen molar-refractivity contribution in [3.63, 3.8) is 0 Å². The molecule has 100 valence electrons. The monoisotopic (exact) mass is 258 g/mol. The Balaban J connectivity index is 1.94. The number of fused-ring (bicyclic) bond motifs is 1. The molecule has 2 aliphatic heterocycles. The summed E-state index contributed by atoms with van der Waals surface area (Å²) in [6, 6.07) is 7.76. The number of carbonyl (C=O) groups excluding carboxylic acids is 1. The molecule has 3 rings (SSSR count). The molecule has 0 unspecified atom stereocenters. The third-order valence-corrected chi connectivity index (χ3v) is 3.71. The molecule has 1 aromatic carbocycles. The Hall–Kier alpha value is -1.81. The second-order valence-electron chi connectivity index (χ2n) is 4.96. The van der Waals surface area contributed by atoms with E-state index in [1.807, 2.05) is 36.1 Å². The van der Waals surface area contributed by atoms with Crippen molar-refractivity contribution in [3.8, 4) is 5.75 Å². The molecule has 1 amide bonds. The quantitative estimate of drug-likeness (QED) is 0.780. The first-order valence-electron chi connectivity index (χ1n) is 6.70. The molecule has 0 bridgehead atoms. The smallest absolute Gasteiger partial charge is 0.254 e. The van der Waals surface area contributed by atoms with Gasteiger partial charge in [-0.25, -0.2) is 0 Å². The van der Waals surface area contributed by atoms with Crippen molar-refractivity contribution in [1.82, 2.24) is 5.32 Å². The van der Waals surface area contributed by atoms with Crippen LogP contribution in [0.2, 0.25) is 0 Å². The van der Waals surface area contributed by atoms with Crippen LogP contribution in [0.25, 0.3) is 0 Å². The second-order valence-corrected chi connectivity index (χ2v) is 4.96. The summed E-state index contributed by atoms with van der Waals surface area (Å²) in [5, 5.41) is 3.18. The number of hydrogen-bond donors (Lipinski definition) is 1. The van der Waals surface area contributed by atoms with Crippen LogP contribution in [0, 0.1) is 0 Å². The zero-order chi connectivity index (χ0) is 13.2. The van der Waals surface area contributed by atoms with Crippen molar-refractivity contribution in [3.05, 3.63) is 35.4 Å². The predicted octanol–water partition coefficient (Wildman–Crippen LogP) is 1.72. The fourth-order valence-electron chi connectivity index (χ4n) is 2.41. The lowest BCUT2D eigenvalue weighted by atomic mass is 10.0. The van der Waals surface area contributed by atoms with Gasteiger partial charge in [-0.15, -0.1) is 0 Å². The molecule has 0 radical (unpaired) electrons. The average Bonchev–Trinajstić information content (AvgIpc) is 2.58. The van der Waals surface area contributed by atoms with Crippen molar-refractivity contribution in [2.45, 2.75) is 13.3 Å². The zero-order valence-corrected chi connectivity index (χ0v) is 11.1. The van der Waals surface area contributed by atoms with Crippen LogP contribution in [-0.2, 0) is 4.79 Å². The van der Waals surface area contributed by atoms with E-state index in [4.69, 9.17) is 4.74 Å². The van der Waals surface area contributed by atoms with Gasteiger partial charge in [0.05, 0.1) is 12.3 Å². The summed E-state index contributed by atoms with van der Waals surface area (Å²) < 4.78 is 5.69. The normalized spacial score (nSPS) is 17.9. The fourth-order valence-corrected chi connectivity index (χ4v) is 2.41. The third kappa shape index (κ3) is 2.24. The summed E-state index contributed by atoms with van der Waals surface area (Å²) >= 11 is 0. The van der Waals surface area contributed by atoms with Crippen molar-refractivity contribution < 1.29 is 9.53 Å². The number of amides is 1. The van der Waals surface area contributed by atoms with E-state index in [2.05, 4.69) is 5.32 Å².